The molecule has 0 bridgehead atoms. The summed E-state index contributed by atoms with van der Waals surface area (Å²) in [5.74, 6) is 0.450. The molecule has 0 fully saturated rings. The van der Waals surface area contributed by atoms with Crippen LogP contribution in [0.3, 0.4) is 0 Å². The summed E-state index contributed by atoms with van der Waals surface area (Å²) in [4.78, 5) is 13.2. The molecule has 0 aliphatic heterocycles. The number of anilines is 1. The molecule has 0 spiro atoms. The largest absolute Gasteiger partial charge is 0.322 e. The summed E-state index contributed by atoms with van der Waals surface area (Å²) in [5.41, 5.74) is 1.12. The van der Waals surface area contributed by atoms with Crippen molar-refractivity contribution in [3.8, 4) is 5.82 Å². The van der Waals surface area contributed by atoms with Crippen molar-refractivity contribution in [1.82, 2.24) is 14.3 Å². The molecule has 1 aromatic carbocycles. The van der Waals surface area contributed by atoms with Crippen LogP contribution < -0.4 is 5.32 Å². The highest BCUT2D eigenvalue weighted by Crippen LogP contribution is 2.17. The highest BCUT2D eigenvalue weighted by molar-refractivity contribution is 7.84. The van der Waals surface area contributed by atoms with Crippen molar-refractivity contribution < 1.29 is 9.00 Å². The number of aromatic nitrogens is 3. The van der Waals surface area contributed by atoms with Crippen molar-refractivity contribution in [1.29, 1.82) is 0 Å². The van der Waals surface area contributed by atoms with Crippen molar-refractivity contribution in [2.75, 3.05) is 11.6 Å². The van der Waals surface area contributed by atoms with E-state index in [1.54, 1.807) is 48.4 Å². The third kappa shape index (κ3) is 3.09. The fraction of sp³-hybridized carbons (Fsp3) is 0.125. The van der Waals surface area contributed by atoms with Gasteiger partial charge in [0.1, 0.15) is 11.4 Å². The Morgan fingerprint density at radius 3 is 2.43 bits per heavy atom. The van der Waals surface area contributed by atoms with E-state index in [2.05, 4.69) is 10.4 Å². The first-order valence-electron chi connectivity index (χ1n) is 6.96. The molecule has 2 aromatic heterocycles. The lowest BCUT2D eigenvalue weighted by atomic mass is 10.2. The Morgan fingerprint density at radius 2 is 1.83 bits per heavy atom. The molecule has 1 amide bonds. The maximum absolute atomic E-state index is 12.5. The second-order valence-corrected chi connectivity index (χ2v) is 6.41. The topological polar surface area (TPSA) is 68.9 Å². The van der Waals surface area contributed by atoms with Crippen molar-refractivity contribution in [3.63, 3.8) is 0 Å². The van der Waals surface area contributed by atoms with Crippen LogP contribution in [-0.2, 0) is 17.8 Å². The van der Waals surface area contributed by atoms with Gasteiger partial charge in [-0.05, 0) is 36.4 Å². The van der Waals surface area contributed by atoms with E-state index >= 15 is 0 Å². The van der Waals surface area contributed by atoms with Crippen LogP contribution in [0.4, 0.5) is 5.69 Å². The maximum Gasteiger partial charge on any atom is 0.261 e. The predicted octanol–water partition coefficient (Wildman–Crippen LogP) is 2.20. The van der Waals surface area contributed by atoms with Crippen LogP contribution in [0.1, 0.15) is 10.4 Å². The zero-order chi connectivity index (χ0) is 16.4. The average molecular weight is 328 g/mol. The number of aryl methyl sites for hydroxylation is 1. The summed E-state index contributed by atoms with van der Waals surface area (Å²) in [6.45, 7) is 0. The van der Waals surface area contributed by atoms with Gasteiger partial charge in [-0.1, -0.05) is 0 Å². The van der Waals surface area contributed by atoms with Gasteiger partial charge in [-0.2, -0.15) is 5.10 Å². The fourth-order valence-corrected chi connectivity index (χ4v) is 2.82. The molecule has 0 saturated carbocycles. The molecule has 118 valence electrons. The quantitative estimate of drug-likeness (QED) is 0.798. The summed E-state index contributed by atoms with van der Waals surface area (Å²) in [6, 6.07) is 10.7. The Hall–Kier alpha value is -2.67. The lowest BCUT2D eigenvalue weighted by molar-refractivity contribution is 0.102. The minimum absolute atomic E-state index is 0.243. The zero-order valence-electron chi connectivity index (χ0n) is 12.8. The number of hydrogen-bond acceptors (Lipinski definition) is 3. The van der Waals surface area contributed by atoms with Crippen LogP contribution in [-0.4, -0.2) is 30.7 Å². The molecule has 3 aromatic rings. The number of carbonyl (C=O) groups is 1. The average Bonchev–Trinajstić information content (AvgIpc) is 3.16. The van der Waals surface area contributed by atoms with Crippen molar-refractivity contribution >= 4 is 22.4 Å². The van der Waals surface area contributed by atoms with E-state index in [0.717, 1.165) is 4.90 Å². The first-order chi connectivity index (χ1) is 11.1. The molecule has 6 nitrogen and oxygen atoms in total. The minimum Gasteiger partial charge on any atom is -0.322 e. The van der Waals surface area contributed by atoms with Gasteiger partial charge in [-0.3, -0.25) is 13.7 Å². The van der Waals surface area contributed by atoms with Crippen LogP contribution in [0.2, 0.25) is 0 Å². The summed E-state index contributed by atoms with van der Waals surface area (Å²) in [6.07, 6.45) is 6.88. The highest BCUT2D eigenvalue weighted by atomic mass is 32.2. The lowest BCUT2D eigenvalue weighted by Crippen LogP contribution is -2.15. The Bertz CT molecular complexity index is 851. The Kier molecular flexibility index (Phi) is 4.12. The Morgan fingerprint density at radius 1 is 1.17 bits per heavy atom. The number of benzene rings is 1. The van der Waals surface area contributed by atoms with Crippen molar-refractivity contribution in [2.45, 2.75) is 4.90 Å². The molecule has 0 radical (unpaired) electrons. The van der Waals surface area contributed by atoms with Gasteiger partial charge in [0.2, 0.25) is 0 Å². The van der Waals surface area contributed by atoms with Crippen LogP contribution in [0.25, 0.3) is 5.82 Å². The number of amides is 1. The third-order valence-corrected chi connectivity index (χ3v) is 4.38. The molecule has 3 rings (SSSR count). The van der Waals surface area contributed by atoms with Gasteiger partial charge in [-0.15, -0.1) is 0 Å². The number of hydrogen-bond donors (Lipinski definition) is 1. The summed E-state index contributed by atoms with van der Waals surface area (Å²) in [7, 11) is 0.753. The minimum atomic E-state index is -1.04. The van der Waals surface area contributed by atoms with Gasteiger partial charge in [0.05, 0.1) is 6.20 Å². The smallest absolute Gasteiger partial charge is 0.261 e. The molecule has 1 N–H and O–H groups in total. The molecule has 0 aliphatic rings. The zero-order valence-corrected chi connectivity index (χ0v) is 13.6. The molecule has 0 saturated heterocycles. The van der Waals surface area contributed by atoms with Gasteiger partial charge >= 0.3 is 0 Å². The number of nitrogens with one attached hydrogen (secondary N) is 1. The van der Waals surface area contributed by atoms with Crippen LogP contribution in [0.15, 0.2) is 59.9 Å². The lowest BCUT2D eigenvalue weighted by Gasteiger charge is -2.08. The summed E-state index contributed by atoms with van der Waals surface area (Å²) in [5, 5.41) is 7.00. The molecule has 0 aliphatic carbocycles. The van der Waals surface area contributed by atoms with Crippen LogP contribution in [0.5, 0.6) is 0 Å². The molecule has 23 heavy (non-hydrogen) atoms. The molecule has 0 unspecified atom stereocenters. The fourth-order valence-electron chi connectivity index (χ4n) is 2.30. The van der Waals surface area contributed by atoms with Gasteiger partial charge < -0.3 is 9.88 Å². The second-order valence-electron chi connectivity index (χ2n) is 5.03. The number of nitrogens with zero attached hydrogens (tertiary/aromatic N) is 3. The van der Waals surface area contributed by atoms with Crippen molar-refractivity contribution in [3.05, 3.63) is 60.6 Å². The molecule has 2 heterocycles. The van der Waals surface area contributed by atoms with E-state index in [9.17, 15) is 9.00 Å². The normalized spacial score (nSPS) is 12.1. The number of carbonyl (C=O) groups excluding carboxylic acids is 1. The van der Waals surface area contributed by atoms with Gasteiger partial charge in [0, 0.05) is 47.1 Å². The maximum atomic E-state index is 12.5. The number of rotatable bonds is 4. The van der Waals surface area contributed by atoms with Crippen molar-refractivity contribution in [2.24, 2.45) is 7.05 Å². The van der Waals surface area contributed by atoms with Gasteiger partial charge in [-0.25, -0.2) is 0 Å². The van der Waals surface area contributed by atoms with E-state index < -0.39 is 10.8 Å². The molecular formula is C16H16N4O2S. The van der Waals surface area contributed by atoms with E-state index in [1.165, 1.54) is 0 Å². The van der Waals surface area contributed by atoms with Crippen LogP contribution in [0, 0.1) is 0 Å². The molecule has 7 heteroatoms. The van der Waals surface area contributed by atoms with E-state index in [4.69, 9.17) is 0 Å². The summed E-state index contributed by atoms with van der Waals surface area (Å²) < 4.78 is 14.9. The van der Waals surface area contributed by atoms with Crippen LogP contribution >= 0.6 is 0 Å². The molecular weight excluding hydrogens is 312 g/mol. The SMILES string of the molecule is Cn1ncc(C(=O)Nc2ccc([S@@](C)=O)cc2)c1-n1cccc1. The first kappa shape index (κ1) is 15.2. The standard InChI is InChI=1S/C16H16N4O2S/c1-19-16(20-9-3-4-10-20)14(11-17-19)15(21)18-12-5-7-13(8-6-12)23(2)22/h3-11H,1-2H3,(H,18,21)/t23-/m1/s1. The molecule has 1 atom stereocenters. The predicted molar refractivity (Wildman–Crippen MR) is 89.3 cm³/mol. The first-order valence-corrected chi connectivity index (χ1v) is 8.52. The van der Waals surface area contributed by atoms with E-state index in [1.807, 2.05) is 29.1 Å². The Labute approximate surface area is 136 Å². The summed E-state index contributed by atoms with van der Waals surface area (Å²) >= 11 is 0. The third-order valence-electron chi connectivity index (χ3n) is 3.45. The second kappa shape index (κ2) is 6.21. The van der Waals surface area contributed by atoms with E-state index in [-0.39, 0.29) is 5.91 Å². The van der Waals surface area contributed by atoms with Gasteiger partial charge in [0.25, 0.3) is 5.91 Å². The Balaban J connectivity index is 1.86. The van der Waals surface area contributed by atoms with E-state index in [0.29, 0.717) is 17.1 Å². The highest BCUT2D eigenvalue weighted by Gasteiger charge is 2.17. The monoisotopic (exact) mass is 328 g/mol. The van der Waals surface area contributed by atoms with Gasteiger partial charge in [0.15, 0.2) is 0 Å².